The molecular formula is C47H30N2S. The number of hydrogen-bond donors (Lipinski definition) is 0. The Balaban J connectivity index is 1.33. The van der Waals surface area contributed by atoms with E-state index in [0.29, 0.717) is 0 Å². The van der Waals surface area contributed by atoms with Gasteiger partial charge in [0.25, 0.3) is 0 Å². The summed E-state index contributed by atoms with van der Waals surface area (Å²) in [5.74, 6) is 0. The van der Waals surface area contributed by atoms with E-state index in [1.807, 2.05) is 11.3 Å². The predicted molar refractivity (Wildman–Crippen MR) is 214 cm³/mol. The minimum absolute atomic E-state index is 0.960. The average Bonchev–Trinajstić information content (AvgIpc) is 3.58. The van der Waals surface area contributed by atoms with Crippen LogP contribution in [0.1, 0.15) is 5.56 Å². The maximum atomic E-state index is 5.62. The normalized spacial score (nSPS) is 11.7. The molecule has 10 aromatic rings. The second-order valence-electron chi connectivity index (χ2n) is 12.9. The molecule has 0 aliphatic rings. The molecule has 3 aromatic heterocycles. The van der Waals surface area contributed by atoms with Crippen molar-refractivity contribution in [3.63, 3.8) is 0 Å². The van der Waals surface area contributed by atoms with Crippen molar-refractivity contribution in [1.29, 1.82) is 0 Å². The molecule has 50 heavy (non-hydrogen) atoms. The van der Waals surface area contributed by atoms with Crippen LogP contribution in [0.5, 0.6) is 0 Å². The number of benzene rings is 7. The molecule has 3 heterocycles. The molecule has 0 aliphatic heterocycles. The third kappa shape index (κ3) is 4.48. The fraction of sp³-hybridized carbons (Fsp3) is 0.0213. The Kier molecular flexibility index (Phi) is 6.61. The molecular weight excluding hydrogens is 625 g/mol. The number of fused-ring (bicyclic) bond motifs is 8. The first-order valence-electron chi connectivity index (χ1n) is 17.0. The van der Waals surface area contributed by atoms with E-state index in [2.05, 4.69) is 171 Å². The number of pyridine rings is 2. The summed E-state index contributed by atoms with van der Waals surface area (Å²) < 4.78 is 2.53. The van der Waals surface area contributed by atoms with Gasteiger partial charge in [-0.1, -0.05) is 140 Å². The van der Waals surface area contributed by atoms with Crippen LogP contribution in [0.4, 0.5) is 0 Å². The standard InChI is InChI=1S/C47H30N2S/c1-29-38(28-41(30-15-4-2-5-16-30)49-45(29)31-17-6-3-7-18-31)36-24-14-25-40-43(36)47-44(37-23-12-13-26-42(37)50-47)46(48-40)39-27-32-19-8-9-20-33(32)34-21-10-11-22-35(34)39/h2-28H,1H3. The zero-order chi connectivity index (χ0) is 33.2. The molecule has 0 bridgehead atoms. The molecule has 0 spiro atoms. The highest BCUT2D eigenvalue weighted by Crippen LogP contribution is 2.48. The molecule has 0 aliphatic carbocycles. The second-order valence-corrected chi connectivity index (χ2v) is 14.0. The Morgan fingerprint density at radius 2 is 1.10 bits per heavy atom. The van der Waals surface area contributed by atoms with Crippen LogP contribution in [-0.4, -0.2) is 9.97 Å². The first kappa shape index (κ1) is 28.8. The minimum atomic E-state index is 0.960. The maximum Gasteiger partial charge on any atom is 0.0809 e. The summed E-state index contributed by atoms with van der Waals surface area (Å²) in [6.45, 7) is 2.21. The van der Waals surface area contributed by atoms with Crippen LogP contribution in [0.2, 0.25) is 0 Å². The van der Waals surface area contributed by atoms with E-state index in [1.165, 1.54) is 58.2 Å². The van der Waals surface area contributed by atoms with Crippen molar-refractivity contribution in [2.75, 3.05) is 0 Å². The third-order valence-corrected chi connectivity index (χ3v) is 11.2. The van der Waals surface area contributed by atoms with E-state index in [9.17, 15) is 0 Å². The average molecular weight is 655 g/mol. The molecule has 0 unspecified atom stereocenters. The van der Waals surface area contributed by atoms with E-state index in [4.69, 9.17) is 9.97 Å². The van der Waals surface area contributed by atoms with Gasteiger partial charge in [-0.25, -0.2) is 9.97 Å². The Bertz CT molecular complexity index is 2920. The van der Waals surface area contributed by atoms with Gasteiger partial charge < -0.3 is 0 Å². The molecule has 234 valence electrons. The van der Waals surface area contributed by atoms with Gasteiger partial charge in [-0.05, 0) is 69.4 Å². The van der Waals surface area contributed by atoms with E-state index < -0.39 is 0 Å². The summed E-state index contributed by atoms with van der Waals surface area (Å²) in [7, 11) is 0. The van der Waals surface area contributed by atoms with Gasteiger partial charge in [-0.3, -0.25) is 0 Å². The highest BCUT2D eigenvalue weighted by atomic mass is 32.1. The molecule has 0 saturated carbocycles. The van der Waals surface area contributed by atoms with E-state index in [1.54, 1.807) is 0 Å². The maximum absolute atomic E-state index is 5.62. The Morgan fingerprint density at radius 3 is 1.90 bits per heavy atom. The Labute approximate surface area is 294 Å². The number of thiophene rings is 1. The largest absolute Gasteiger partial charge is 0.247 e. The number of aromatic nitrogens is 2. The first-order valence-corrected chi connectivity index (χ1v) is 17.8. The van der Waals surface area contributed by atoms with Gasteiger partial charge in [0, 0.05) is 42.2 Å². The monoisotopic (exact) mass is 654 g/mol. The van der Waals surface area contributed by atoms with Crippen molar-refractivity contribution >= 4 is 64.0 Å². The summed E-state index contributed by atoms with van der Waals surface area (Å²) in [5, 5.41) is 8.59. The summed E-state index contributed by atoms with van der Waals surface area (Å²) in [4.78, 5) is 10.9. The second kappa shape index (κ2) is 11.5. The fourth-order valence-electron chi connectivity index (χ4n) is 7.70. The van der Waals surface area contributed by atoms with Gasteiger partial charge in [0.15, 0.2) is 0 Å². The Morgan fingerprint density at radius 1 is 0.440 bits per heavy atom. The molecule has 10 rings (SSSR count). The summed E-state index contributed by atoms with van der Waals surface area (Å²) in [6.07, 6.45) is 0. The molecule has 0 radical (unpaired) electrons. The van der Waals surface area contributed by atoms with Crippen LogP contribution in [0.25, 0.3) is 97.5 Å². The number of rotatable bonds is 4. The fourth-order valence-corrected chi connectivity index (χ4v) is 8.97. The zero-order valence-corrected chi connectivity index (χ0v) is 28.2. The lowest BCUT2D eigenvalue weighted by atomic mass is 9.90. The Hall–Kier alpha value is -6.16. The van der Waals surface area contributed by atoms with Crippen molar-refractivity contribution in [2.24, 2.45) is 0 Å². The molecule has 0 N–H and O–H groups in total. The van der Waals surface area contributed by atoms with E-state index >= 15 is 0 Å². The lowest BCUT2D eigenvalue weighted by Gasteiger charge is -2.17. The van der Waals surface area contributed by atoms with Gasteiger partial charge in [0.1, 0.15) is 0 Å². The van der Waals surface area contributed by atoms with Crippen molar-refractivity contribution in [1.82, 2.24) is 9.97 Å². The molecule has 0 atom stereocenters. The van der Waals surface area contributed by atoms with Crippen molar-refractivity contribution in [2.45, 2.75) is 6.92 Å². The van der Waals surface area contributed by atoms with E-state index in [0.717, 1.165) is 44.9 Å². The van der Waals surface area contributed by atoms with Crippen molar-refractivity contribution < 1.29 is 0 Å². The van der Waals surface area contributed by atoms with E-state index in [-0.39, 0.29) is 0 Å². The zero-order valence-electron chi connectivity index (χ0n) is 27.4. The van der Waals surface area contributed by atoms with Crippen molar-refractivity contribution in [3.8, 4) is 44.9 Å². The highest BCUT2D eigenvalue weighted by Gasteiger charge is 2.22. The highest BCUT2D eigenvalue weighted by molar-refractivity contribution is 7.26. The molecule has 0 fully saturated rings. The molecule has 0 saturated heterocycles. The van der Waals surface area contributed by atoms with Crippen LogP contribution in [0.15, 0.2) is 164 Å². The molecule has 2 nitrogen and oxygen atoms in total. The smallest absolute Gasteiger partial charge is 0.0809 e. The lowest BCUT2D eigenvalue weighted by molar-refractivity contribution is 1.27. The quantitative estimate of drug-likeness (QED) is 0.177. The van der Waals surface area contributed by atoms with Crippen LogP contribution in [0, 0.1) is 6.92 Å². The van der Waals surface area contributed by atoms with Crippen LogP contribution >= 0.6 is 11.3 Å². The van der Waals surface area contributed by atoms with Crippen molar-refractivity contribution in [3.05, 3.63) is 169 Å². The summed E-state index contributed by atoms with van der Waals surface area (Å²) in [6, 6.07) is 58.5. The summed E-state index contributed by atoms with van der Waals surface area (Å²) in [5.41, 5.74) is 10.9. The number of hydrogen-bond acceptors (Lipinski definition) is 3. The first-order chi connectivity index (χ1) is 24.7. The number of nitrogens with zero attached hydrogens (tertiary/aromatic N) is 2. The minimum Gasteiger partial charge on any atom is -0.247 e. The van der Waals surface area contributed by atoms with Gasteiger partial charge in [-0.2, -0.15) is 0 Å². The molecule has 3 heteroatoms. The van der Waals surface area contributed by atoms with Gasteiger partial charge in [0.2, 0.25) is 0 Å². The van der Waals surface area contributed by atoms with Crippen LogP contribution in [-0.2, 0) is 0 Å². The van der Waals surface area contributed by atoms with Gasteiger partial charge >= 0.3 is 0 Å². The molecule has 0 amide bonds. The van der Waals surface area contributed by atoms with Gasteiger partial charge in [-0.15, -0.1) is 11.3 Å². The summed E-state index contributed by atoms with van der Waals surface area (Å²) >= 11 is 1.87. The van der Waals surface area contributed by atoms with Crippen LogP contribution < -0.4 is 0 Å². The SMILES string of the molecule is Cc1c(-c2cccc3nc(-c4cc5ccccc5c5ccccc45)c4c5ccccc5sc4c23)cc(-c2ccccc2)nc1-c1ccccc1. The molecule has 7 aromatic carbocycles. The van der Waals surface area contributed by atoms with Crippen LogP contribution in [0.3, 0.4) is 0 Å². The third-order valence-electron chi connectivity index (χ3n) is 10.0. The van der Waals surface area contributed by atoms with Gasteiger partial charge in [0.05, 0.1) is 22.6 Å². The lowest BCUT2D eigenvalue weighted by Crippen LogP contribution is -1.97. The predicted octanol–water partition coefficient (Wildman–Crippen LogP) is 13.3. The topological polar surface area (TPSA) is 25.8 Å².